The lowest BCUT2D eigenvalue weighted by atomic mass is 10.2. The molecular formula is C11H22Si. The molecule has 0 unspecified atom stereocenters. The monoisotopic (exact) mass is 182 g/mol. The smallest absolute Gasteiger partial charge is 0.0442 e. The van der Waals surface area contributed by atoms with E-state index >= 15 is 0 Å². The summed E-state index contributed by atoms with van der Waals surface area (Å²) >= 11 is 0. The lowest BCUT2D eigenvalue weighted by Gasteiger charge is -2.14. The molecule has 0 spiro atoms. The molecule has 0 nitrogen and oxygen atoms in total. The number of unbranched alkanes of at least 4 members (excludes halogenated alkanes) is 4. The normalized spacial score (nSPS) is 11.2. The summed E-state index contributed by atoms with van der Waals surface area (Å²) in [5, 5.41) is 0. The topological polar surface area (TPSA) is 0 Å². The minimum absolute atomic E-state index is 0.766. The maximum Gasteiger partial charge on any atom is 0.0442 e. The Morgan fingerprint density at radius 2 is 1.58 bits per heavy atom. The largest absolute Gasteiger partial charge is 0.120 e. The Morgan fingerprint density at radius 3 is 2.08 bits per heavy atom. The molecule has 0 aromatic heterocycles. The molecule has 0 bridgehead atoms. The predicted octanol–water partition coefficient (Wildman–Crippen LogP) is 3.91. The van der Waals surface area contributed by atoms with Crippen molar-refractivity contribution in [2.45, 2.75) is 57.8 Å². The zero-order valence-corrected chi connectivity index (χ0v) is 9.82. The van der Waals surface area contributed by atoms with Crippen molar-refractivity contribution in [2.24, 2.45) is 0 Å². The maximum atomic E-state index is 5.17. The van der Waals surface area contributed by atoms with Crippen LogP contribution in [-0.4, -0.2) is 8.07 Å². The van der Waals surface area contributed by atoms with Crippen LogP contribution in [0.1, 0.15) is 32.1 Å². The van der Waals surface area contributed by atoms with Gasteiger partial charge in [0.2, 0.25) is 0 Å². The first kappa shape index (κ1) is 11.8. The SMILES string of the molecule is C#CCCCCCC[Si](C)(C)C. The summed E-state index contributed by atoms with van der Waals surface area (Å²) in [7, 11) is -0.766. The van der Waals surface area contributed by atoms with Crippen molar-refractivity contribution in [2.75, 3.05) is 0 Å². The predicted molar refractivity (Wildman–Crippen MR) is 60.1 cm³/mol. The number of hydrogen-bond donors (Lipinski definition) is 0. The van der Waals surface area contributed by atoms with Crippen LogP contribution in [0.25, 0.3) is 0 Å². The van der Waals surface area contributed by atoms with Crippen molar-refractivity contribution < 1.29 is 0 Å². The highest BCUT2D eigenvalue weighted by molar-refractivity contribution is 6.76. The summed E-state index contributed by atoms with van der Waals surface area (Å²) in [6.07, 6.45) is 11.5. The van der Waals surface area contributed by atoms with E-state index in [4.69, 9.17) is 6.42 Å². The van der Waals surface area contributed by atoms with Crippen LogP contribution in [0.15, 0.2) is 0 Å². The molecule has 0 N–H and O–H groups in total. The summed E-state index contributed by atoms with van der Waals surface area (Å²) in [4.78, 5) is 0. The molecule has 0 heterocycles. The molecule has 0 aliphatic rings. The highest BCUT2D eigenvalue weighted by Crippen LogP contribution is 2.14. The number of terminal acetylenes is 1. The second-order valence-corrected chi connectivity index (χ2v) is 10.3. The van der Waals surface area contributed by atoms with Gasteiger partial charge in [-0.25, -0.2) is 0 Å². The van der Waals surface area contributed by atoms with E-state index in [2.05, 4.69) is 25.6 Å². The molecule has 0 radical (unpaired) electrons. The number of hydrogen-bond acceptors (Lipinski definition) is 0. The Bertz CT molecular complexity index is 136. The molecule has 0 amide bonds. The molecule has 0 aliphatic heterocycles. The molecule has 0 fully saturated rings. The third kappa shape index (κ3) is 9.78. The van der Waals surface area contributed by atoms with E-state index in [9.17, 15) is 0 Å². The van der Waals surface area contributed by atoms with E-state index in [0.717, 1.165) is 6.42 Å². The van der Waals surface area contributed by atoms with Crippen LogP contribution in [0.4, 0.5) is 0 Å². The fraction of sp³-hybridized carbons (Fsp3) is 0.818. The third-order valence-corrected chi connectivity index (χ3v) is 3.85. The van der Waals surface area contributed by atoms with Crippen molar-refractivity contribution in [3.63, 3.8) is 0 Å². The Morgan fingerprint density at radius 1 is 1.00 bits per heavy atom. The first-order chi connectivity index (χ1) is 5.56. The van der Waals surface area contributed by atoms with Crippen molar-refractivity contribution in [3.8, 4) is 12.3 Å². The Kier molecular flexibility index (Phi) is 6.19. The second-order valence-electron chi connectivity index (χ2n) is 4.68. The standard InChI is InChI=1S/C11H22Si/c1-5-6-7-8-9-10-11-12(2,3)4/h1H,6-11H2,2-4H3. The molecule has 12 heavy (non-hydrogen) atoms. The van der Waals surface area contributed by atoms with E-state index in [1.165, 1.54) is 31.7 Å². The lowest BCUT2D eigenvalue weighted by molar-refractivity contribution is 0.675. The van der Waals surface area contributed by atoms with Crippen molar-refractivity contribution in [1.29, 1.82) is 0 Å². The van der Waals surface area contributed by atoms with E-state index in [1.54, 1.807) is 0 Å². The third-order valence-electron chi connectivity index (χ3n) is 2.00. The van der Waals surface area contributed by atoms with Gasteiger partial charge in [-0.05, 0) is 6.42 Å². The van der Waals surface area contributed by atoms with Crippen LogP contribution in [0.2, 0.25) is 25.7 Å². The fourth-order valence-corrected chi connectivity index (χ4v) is 2.55. The van der Waals surface area contributed by atoms with E-state index in [1.807, 2.05) is 0 Å². The average Bonchev–Trinajstić information content (AvgIpc) is 1.94. The molecular weight excluding hydrogens is 160 g/mol. The second kappa shape index (κ2) is 6.31. The molecule has 0 aliphatic carbocycles. The summed E-state index contributed by atoms with van der Waals surface area (Å²) < 4.78 is 0. The minimum atomic E-state index is -0.766. The molecule has 0 saturated heterocycles. The molecule has 0 aromatic rings. The maximum absolute atomic E-state index is 5.17. The molecule has 1 heteroatoms. The van der Waals surface area contributed by atoms with E-state index < -0.39 is 8.07 Å². The highest BCUT2D eigenvalue weighted by Gasteiger charge is 2.10. The molecule has 70 valence electrons. The van der Waals surface area contributed by atoms with Crippen LogP contribution in [0.5, 0.6) is 0 Å². The van der Waals surface area contributed by atoms with Gasteiger partial charge in [-0.1, -0.05) is 44.9 Å². The lowest BCUT2D eigenvalue weighted by Crippen LogP contribution is -2.18. The molecule has 0 aromatic carbocycles. The molecule has 0 saturated carbocycles. The van der Waals surface area contributed by atoms with Gasteiger partial charge in [0.25, 0.3) is 0 Å². The summed E-state index contributed by atoms with van der Waals surface area (Å²) in [5.74, 6) is 2.68. The Labute approximate surface area is 78.8 Å². The first-order valence-corrected chi connectivity index (χ1v) is 8.70. The van der Waals surface area contributed by atoms with Gasteiger partial charge in [-0.15, -0.1) is 12.3 Å². The van der Waals surface area contributed by atoms with Gasteiger partial charge in [-0.3, -0.25) is 0 Å². The van der Waals surface area contributed by atoms with Gasteiger partial charge < -0.3 is 0 Å². The van der Waals surface area contributed by atoms with Crippen LogP contribution < -0.4 is 0 Å². The van der Waals surface area contributed by atoms with Crippen molar-refractivity contribution in [3.05, 3.63) is 0 Å². The highest BCUT2D eigenvalue weighted by atomic mass is 28.3. The summed E-state index contributed by atoms with van der Waals surface area (Å²) in [5.41, 5.74) is 0. The van der Waals surface area contributed by atoms with E-state index in [-0.39, 0.29) is 0 Å². The van der Waals surface area contributed by atoms with Gasteiger partial charge in [0.15, 0.2) is 0 Å². The van der Waals surface area contributed by atoms with Gasteiger partial charge in [0, 0.05) is 14.5 Å². The quantitative estimate of drug-likeness (QED) is 0.332. The van der Waals surface area contributed by atoms with E-state index in [0.29, 0.717) is 0 Å². The Hall–Kier alpha value is -0.223. The van der Waals surface area contributed by atoms with Crippen LogP contribution in [0, 0.1) is 12.3 Å². The van der Waals surface area contributed by atoms with Crippen molar-refractivity contribution >= 4 is 8.07 Å². The fourth-order valence-electron chi connectivity index (χ4n) is 1.24. The summed E-state index contributed by atoms with van der Waals surface area (Å²) in [6.45, 7) is 7.32. The van der Waals surface area contributed by atoms with Gasteiger partial charge in [-0.2, -0.15) is 0 Å². The number of rotatable bonds is 6. The molecule has 0 atom stereocenters. The van der Waals surface area contributed by atoms with Gasteiger partial charge >= 0.3 is 0 Å². The van der Waals surface area contributed by atoms with Crippen LogP contribution in [-0.2, 0) is 0 Å². The Balaban J connectivity index is 3.07. The van der Waals surface area contributed by atoms with Gasteiger partial charge in [0.1, 0.15) is 0 Å². The summed E-state index contributed by atoms with van der Waals surface area (Å²) in [6, 6.07) is 1.48. The van der Waals surface area contributed by atoms with Gasteiger partial charge in [0.05, 0.1) is 0 Å². The van der Waals surface area contributed by atoms with Crippen LogP contribution >= 0.6 is 0 Å². The first-order valence-electron chi connectivity index (χ1n) is 5.00. The zero-order chi connectivity index (χ0) is 9.45. The zero-order valence-electron chi connectivity index (χ0n) is 8.82. The minimum Gasteiger partial charge on any atom is -0.120 e. The van der Waals surface area contributed by atoms with Crippen molar-refractivity contribution in [1.82, 2.24) is 0 Å². The molecule has 0 rings (SSSR count). The average molecular weight is 182 g/mol. The van der Waals surface area contributed by atoms with Crippen LogP contribution in [0.3, 0.4) is 0 Å².